The summed E-state index contributed by atoms with van der Waals surface area (Å²) in [5.41, 5.74) is 0. The Labute approximate surface area is 62.7 Å². The van der Waals surface area contributed by atoms with Gasteiger partial charge in [0.05, 0.1) is 0 Å². The third-order valence-corrected chi connectivity index (χ3v) is 7.16. The van der Waals surface area contributed by atoms with E-state index in [-0.39, 0.29) is 22.9 Å². The number of rotatable bonds is 0. The van der Waals surface area contributed by atoms with Crippen molar-refractivity contribution in [3.63, 3.8) is 0 Å². The topological polar surface area (TPSA) is 0 Å². The fourth-order valence-electron chi connectivity index (χ4n) is 0.954. The Balaban J connectivity index is 2.42. The quantitative estimate of drug-likeness (QED) is 0.575. The van der Waals surface area contributed by atoms with Crippen LogP contribution in [0.3, 0.4) is 0 Å². The van der Waals surface area contributed by atoms with E-state index in [1.165, 1.54) is 6.42 Å². The van der Waals surface area contributed by atoms with E-state index in [0.717, 1.165) is 5.92 Å². The monoisotopic (exact) mass is 211 g/mol. The summed E-state index contributed by atoms with van der Waals surface area (Å²) in [7, 11) is 0. The van der Waals surface area contributed by atoms with Gasteiger partial charge in [0.2, 0.25) is 0 Å². The summed E-state index contributed by atoms with van der Waals surface area (Å²) >= 11 is -0.154. The molecule has 0 bridgehead atoms. The Morgan fingerprint density at radius 3 is 2.88 bits per heavy atom. The van der Waals surface area contributed by atoms with Crippen LogP contribution in [0.2, 0.25) is 4.18 Å². The summed E-state index contributed by atoms with van der Waals surface area (Å²) < 4.78 is 3.37. The molecular weight excluding hydrogens is 199 g/mol. The van der Waals surface area contributed by atoms with E-state index in [1.807, 2.05) is 0 Å². The molecule has 8 heavy (non-hydrogen) atoms. The fourth-order valence-corrected chi connectivity index (χ4v) is 4.58. The molecule has 43 valence electrons. The predicted molar refractivity (Wildman–Crippen MR) is 38.1 cm³/mol. The average Bonchev–Trinajstić information content (AvgIpc) is 1.77. The second kappa shape index (κ2) is 2.95. The first kappa shape index (κ1) is 6.73. The first-order valence-corrected chi connectivity index (χ1v) is 7.27. The molecule has 1 heterocycles. The van der Waals surface area contributed by atoms with Crippen molar-refractivity contribution in [2.75, 3.05) is 0 Å². The van der Waals surface area contributed by atoms with Crippen LogP contribution in [0.4, 0.5) is 0 Å². The zero-order valence-electron chi connectivity index (χ0n) is 5.65. The summed E-state index contributed by atoms with van der Waals surface area (Å²) in [5, 5.41) is 0. The Kier molecular flexibility index (Phi) is 2.48. The van der Waals surface area contributed by atoms with Gasteiger partial charge in [-0.25, -0.2) is 0 Å². The van der Waals surface area contributed by atoms with E-state index in [0.29, 0.717) is 0 Å². The van der Waals surface area contributed by atoms with Crippen molar-refractivity contribution in [2.45, 2.75) is 24.4 Å². The summed E-state index contributed by atoms with van der Waals surface area (Å²) in [6.07, 6.45) is 3.81. The molecular formula is C7H12In. The molecule has 0 aromatic carbocycles. The maximum atomic E-state index is 2.45. The molecule has 0 N–H and O–H groups in total. The van der Waals surface area contributed by atoms with Crippen LogP contribution >= 0.6 is 0 Å². The first-order valence-electron chi connectivity index (χ1n) is 3.29. The predicted octanol–water partition coefficient (Wildman–Crippen LogP) is 2.05. The molecule has 1 aliphatic rings. The van der Waals surface area contributed by atoms with Gasteiger partial charge in [0.15, 0.2) is 0 Å². The molecule has 0 spiro atoms. The second-order valence-electron chi connectivity index (χ2n) is 2.73. The van der Waals surface area contributed by atoms with Gasteiger partial charge in [0, 0.05) is 0 Å². The fraction of sp³-hybridized carbons (Fsp3) is 0.714. The van der Waals surface area contributed by atoms with Crippen molar-refractivity contribution >= 4 is 22.9 Å². The van der Waals surface area contributed by atoms with E-state index in [2.05, 4.69) is 19.9 Å². The maximum absolute atomic E-state index is 2.45. The van der Waals surface area contributed by atoms with Crippen LogP contribution in [-0.4, -0.2) is 22.9 Å². The Morgan fingerprint density at radius 2 is 2.50 bits per heavy atom. The summed E-state index contributed by atoms with van der Waals surface area (Å²) in [5.74, 6) is 1.03. The van der Waals surface area contributed by atoms with Crippen LogP contribution in [0.1, 0.15) is 20.3 Å². The molecule has 0 aromatic rings. The first-order chi connectivity index (χ1) is 3.79. The minimum absolute atomic E-state index is 0.154. The van der Waals surface area contributed by atoms with Crippen LogP contribution in [0.15, 0.2) is 9.41 Å². The Morgan fingerprint density at radius 1 is 1.75 bits per heavy atom. The van der Waals surface area contributed by atoms with Crippen LogP contribution < -0.4 is 0 Å². The third-order valence-electron chi connectivity index (χ3n) is 1.68. The molecule has 0 aliphatic carbocycles. The van der Waals surface area contributed by atoms with E-state index in [4.69, 9.17) is 0 Å². The van der Waals surface area contributed by atoms with Gasteiger partial charge in [-0.05, 0) is 0 Å². The van der Waals surface area contributed by atoms with Crippen molar-refractivity contribution in [2.24, 2.45) is 5.92 Å². The van der Waals surface area contributed by atoms with Gasteiger partial charge in [0.1, 0.15) is 0 Å². The van der Waals surface area contributed by atoms with Crippen molar-refractivity contribution in [1.29, 1.82) is 0 Å². The number of allylic oxidation sites excluding steroid dienone is 2. The third kappa shape index (κ3) is 1.85. The van der Waals surface area contributed by atoms with Crippen molar-refractivity contribution in [1.82, 2.24) is 0 Å². The van der Waals surface area contributed by atoms with Gasteiger partial charge >= 0.3 is 62.7 Å². The van der Waals surface area contributed by atoms with Gasteiger partial charge in [-0.2, -0.15) is 0 Å². The number of hydrogen-bond donors (Lipinski definition) is 0. The minimum atomic E-state index is -0.154. The summed E-state index contributed by atoms with van der Waals surface area (Å²) in [4.78, 5) is 0. The molecule has 1 heteroatoms. The second-order valence-corrected chi connectivity index (χ2v) is 7.84. The van der Waals surface area contributed by atoms with Gasteiger partial charge in [-0.3, -0.25) is 0 Å². The van der Waals surface area contributed by atoms with Gasteiger partial charge in [-0.15, -0.1) is 0 Å². The molecule has 1 radical (unpaired) electrons. The van der Waals surface area contributed by atoms with Crippen molar-refractivity contribution in [3.8, 4) is 0 Å². The number of hydrogen-bond acceptors (Lipinski definition) is 0. The van der Waals surface area contributed by atoms with Crippen LogP contribution in [0, 0.1) is 5.92 Å². The normalized spacial score (nSPS) is 28.8. The van der Waals surface area contributed by atoms with Crippen molar-refractivity contribution in [3.05, 3.63) is 9.41 Å². The zero-order chi connectivity index (χ0) is 5.98. The van der Waals surface area contributed by atoms with E-state index in [1.54, 1.807) is 7.51 Å². The van der Waals surface area contributed by atoms with Crippen molar-refractivity contribution < 1.29 is 0 Å². The van der Waals surface area contributed by atoms with E-state index in [9.17, 15) is 0 Å². The van der Waals surface area contributed by atoms with Crippen LogP contribution in [0.25, 0.3) is 0 Å². The van der Waals surface area contributed by atoms with Crippen LogP contribution in [-0.2, 0) is 0 Å². The summed E-state index contributed by atoms with van der Waals surface area (Å²) in [6, 6.07) is 0. The molecule has 1 unspecified atom stereocenters. The molecule has 1 aliphatic heterocycles. The van der Waals surface area contributed by atoms with E-state index >= 15 is 0 Å². The Bertz CT molecular complexity index is 105. The molecule has 0 saturated carbocycles. The molecule has 0 aromatic heterocycles. The molecule has 1 atom stereocenters. The van der Waals surface area contributed by atoms with E-state index < -0.39 is 0 Å². The molecule has 0 amide bonds. The molecule has 0 fully saturated rings. The molecule has 0 nitrogen and oxygen atoms in total. The van der Waals surface area contributed by atoms with Crippen LogP contribution in [0.5, 0.6) is 0 Å². The summed E-state index contributed by atoms with van der Waals surface area (Å²) in [6.45, 7) is 4.68. The zero-order valence-corrected chi connectivity index (χ0v) is 8.94. The van der Waals surface area contributed by atoms with Gasteiger partial charge < -0.3 is 0 Å². The SMILES string of the molecule is C[C]1=CCC(C)[CH2][In]1. The molecule has 0 saturated heterocycles. The standard InChI is InChI=1S/C7H12.In/c1-4-5-6-7(2)3;/h5,7H,2,6H2,1,3H3;. The average molecular weight is 211 g/mol. The molecule has 1 rings (SSSR count). The van der Waals surface area contributed by atoms with Gasteiger partial charge in [-0.1, -0.05) is 0 Å². The Hall–Kier alpha value is 0.610. The van der Waals surface area contributed by atoms with Gasteiger partial charge in [0.25, 0.3) is 0 Å².